The van der Waals surface area contributed by atoms with Crippen LogP contribution in [0.4, 0.5) is 0 Å². The van der Waals surface area contributed by atoms with Crippen LogP contribution in [0.15, 0.2) is 0 Å². The molecule has 0 aliphatic carbocycles. The zero-order valence-corrected chi connectivity index (χ0v) is 7.09. The van der Waals surface area contributed by atoms with Gasteiger partial charge in [-0.05, 0) is 13.8 Å². The van der Waals surface area contributed by atoms with Crippen molar-refractivity contribution in [3.05, 3.63) is 0 Å². The first-order valence-corrected chi connectivity index (χ1v) is 3.02. The zero-order chi connectivity index (χ0) is 7.72. The molecule has 1 heterocycles. The van der Waals surface area contributed by atoms with Gasteiger partial charge >= 0.3 is 11.9 Å². The molecule has 0 radical (unpaired) electrons. The van der Waals surface area contributed by atoms with E-state index in [-0.39, 0.29) is 16.5 Å². The Morgan fingerprint density at radius 1 is 1.00 bits per heavy atom. The third kappa shape index (κ3) is 2.19. The Morgan fingerprint density at radius 3 is 1.55 bits per heavy atom. The van der Waals surface area contributed by atoms with Crippen LogP contribution >= 0.6 is 0 Å². The Bertz CT molecular complexity index is 159. The van der Waals surface area contributed by atoms with Gasteiger partial charge in [-0.25, -0.2) is 9.59 Å². The van der Waals surface area contributed by atoms with E-state index in [1.54, 1.807) is 0 Å². The summed E-state index contributed by atoms with van der Waals surface area (Å²) in [6.07, 6.45) is -1.49. The smallest absolute Gasteiger partial charge is 0.347 e. The molecule has 4 nitrogen and oxygen atoms in total. The quantitative estimate of drug-likeness (QED) is 0.406. The molecule has 0 aromatic rings. The van der Waals surface area contributed by atoms with Gasteiger partial charge in [-0.3, -0.25) is 0 Å². The minimum Gasteiger partial charge on any atom is -0.448 e. The molecular weight excluding hydrogens is 195 g/mol. The van der Waals surface area contributed by atoms with E-state index in [9.17, 15) is 9.59 Å². The molecule has 0 bridgehead atoms. The fourth-order valence-electron chi connectivity index (χ4n) is 0.636. The number of cyclic esters (lactones) is 2. The summed E-state index contributed by atoms with van der Waals surface area (Å²) in [5.74, 6) is -0.959. The van der Waals surface area contributed by atoms with Crippen molar-refractivity contribution in [2.45, 2.75) is 26.1 Å². The van der Waals surface area contributed by atoms with E-state index in [0.717, 1.165) is 0 Å². The summed E-state index contributed by atoms with van der Waals surface area (Å²) in [6, 6.07) is 0. The third-order valence-electron chi connectivity index (χ3n) is 1.25. The molecule has 1 saturated heterocycles. The average Bonchev–Trinajstić information content (AvgIpc) is 1.84. The van der Waals surface area contributed by atoms with Crippen LogP contribution < -0.4 is 0 Å². The van der Waals surface area contributed by atoms with Crippen LogP contribution in [-0.2, 0) is 35.6 Å². The van der Waals surface area contributed by atoms with Crippen molar-refractivity contribution in [3.8, 4) is 0 Å². The van der Waals surface area contributed by atoms with Gasteiger partial charge < -0.3 is 9.47 Å². The molecule has 0 N–H and O–H groups in total. The fourth-order valence-corrected chi connectivity index (χ4v) is 0.636. The van der Waals surface area contributed by atoms with Crippen molar-refractivity contribution >= 4 is 11.9 Å². The second-order valence-electron chi connectivity index (χ2n) is 2.16. The summed E-state index contributed by atoms with van der Waals surface area (Å²) in [5, 5.41) is 0. The number of ether oxygens (including phenoxy) is 2. The molecule has 5 heteroatoms. The first kappa shape index (κ1) is 10.4. The maximum Gasteiger partial charge on any atom is 0.347 e. The molecule has 0 spiro atoms. The minimum atomic E-state index is -0.747. The van der Waals surface area contributed by atoms with Crippen LogP contribution in [-0.4, -0.2) is 24.1 Å². The SMILES string of the molecule is CC1OC(=O)C(C)OC1=O.[Ni]. The van der Waals surface area contributed by atoms with Crippen LogP contribution in [0.1, 0.15) is 13.8 Å². The molecule has 2 unspecified atom stereocenters. The second kappa shape index (κ2) is 3.72. The summed E-state index contributed by atoms with van der Waals surface area (Å²) >= 11 is 0. The van der Waals surface area contributed by atoms with Gasteiger partial charge in [-0.2, -0.15) is 0 Å². The van der Waals surface area contributed by atoms with Crippen molar-refractivity contribution in [3.63, 3.8) is 0 Å². The van der Waals surface area contributed by atoms with Crippen LogP contribution in [0.3, 0.4) is 0 Å². The largest absolute Gasteiger partial charge is 0.448 e. The van der Waals surface area contributed by atoms with E-state index >= 15 is 0 Å². The Kier molecular flexibility index (Phi) is 3.53. The molecule has 0 amide bonds. The molecule has 0 saturated carbocycles. The molecule has 1 fully saturated rings. The second-order valence-corrected chi connectivity index (χ2v) is 2.16. The Labute approximate surface area is 74.2 Å². The van der Waals surface area contributed by atoms with Gasteiger partial charge in [0.05, 0.1) is 0 Å². The Balaban J connectivity index is 0.000001000. The average molecular weight is 203 g/mol. The maximum absolute atomic E-state index is 10.7. The Hall–Kier alpha value is -0.566. The van der Waals surface area contributed by atoms with Crippen molar-refractivity contribution in [2.24, 2.45) is 0 Å². The molecule has 0 aromatic heterocycles. The molecule has 1 aliphatic rings. The van der Waals surface area contributed by atoms with E-state index in [1.807, 2.05) is 0 Å². The van der Waals surface area contributed by atoms with E-state index in [1.165, 1.54) is 13.8 Å². The summed E-state index contributed by atoms with van der Waals surface area (Å²) in [6.45, 7) is 2.96. The molecule has 2 atom stereocenters. The fraction of sp³-hybridized carbons (Fsp3) is 0.667. The molecule has 11 heavy (non-hydrogen) atoms. The van der Waals surface area contributed by atoms with Gasteiger partial charge in [0, 0.05) is 16.5 Å². The van der Waals surface area contributed by atoms with Crippen LogP contribution in [0.25, 0.3) is 0 Å². The van der Waals surface area contributed by atoms with Crippen molar-refractivity contribution in [1.82, 2.24) is 0 Å². The van der Waals surface area contributed by atoms with Crippen LogP contribution in [0, 0.1) is 0 Å². The molecule has 1 aliphatic heterocycles. The van der Waals surface area contributed by atoms with Crippen molar-refractivity contribution < 1.29 is 35.6 Å². The van der Waals surface area contributed by atoms with E-state index in [0.29, 0.717) is 0 Å². The summed E-state index contributed by atoms with van der Waals surface area (Å²) < 4.78 is 9.19. The normalized spacial score (nSPS) is 30.0. The predicted octanol–water partition coefficient (Wildman–Crippen LogP) is -0.139. The number of carbonyl (C=O) groups excluding carboxylic acids is 2. The Morgan fingerprint density at radius 2 is 1.27 bits per heavy atom. The molecule has 0 aromatic carbocycles. The van der Waals surface area contributed by atoms with Gasteiger partial charge in [-0.15, -0.1) is 0 Å². The summed E-state index contributed by atoms with van der Waals surface area (Å²) in [5.41, 5.74) is 0. The summed E-state index contributed by atoms with van der Waals surface area (Å²) in [4.78, 5) is 21.3. The van der Waals surface area contributed by atoms with E-state index < -0.39 is 24.1 Å². The topological polar surface area (TPSA) is 52.6 Å². The standard InChI is InChI=1S/C6H8O4.Ni/c1-3-5(7)10-4(2)6(8)9-3;/h3-4H,1-2H3;. The summed E-state index contributed by atoms with van der Waals surface area (Å²) in [7, 11) is 0. The third-order valence-corrected chi connectivity index (χ3v) is 1.25. The van der Waals surface area contributed by atoms with E-state index in [2.05, 4.69) is 9.47 Å². The van der Waals surface area contributed by atoms with Gasteiger partial charge in [0.1, 0.15) is 0 Å². The minimum absolute atomic E-state index is 0. The van der Waals surface area contributed by atoms with E-state index in [4.69, 9.17) is 0 Å². The van der Waals surface area contributed by atoms with Crippen molar-refractivity contribution in [1.29, 1.82) is 0 Å². The van der Waals surface area contributed by atoms with Gasteiger partial charge in [0.2, 0.25) is 0 Å². The predicted molar refractivity (Wildman–Crippen MR) is 31.1 cm³/mol. The van der Waals surface area contributed by atoms with Crippen LogP contribution in [0.2, 0.25) is 0 Å². The molecule has 66 valence electrons. The molecular formula is C6H8NiO4. The monoisotopic (exact) mass is 202 g/mol. The van der Waals surface area contributed by atoms with Crippen LogP contribution in [0.5, 0.6) is 0 Å². The van der Waals surface area contributed by atoms with Crippen molar-refractivity contribution in [2.75, 3.05) is 0 Å². The number of hydrogen-bond donors (Lipinski definition) is 0. The number of rotatable bonds is 0. The number of carbonyl (C=O) groups is 2. The van der Waals surface area contributed by atoms with Gasteiger partial charge in [-0.1, -0.05) is 0 Å². The number of hydrogen-bond acceptors (Lipinski definition) is 4. The first-order valence-electron chi connectivity index (χ1n) is 3.02. The molecule has 1 rings (SSSR count). The number of esters is 2. The maximum atomic E-state index is 10.7. The first-order chi connectivity index (χ1) is 4.61. The van der Waals surface area contributed by atoms with Gasteiger partial charge in [0.15, 0.2) is 12.2 Å². The van der Waals surface area contributed by atoms with Gasteiger partial charge in [0.25, 0.3) is 0 Å². The zero-order valence-electron chi connectivity index (χ0n) is 6.10.